The maximum Gasteiger partial charge on any atom is 0.328 e. The monoisotopic (exact) mass is 313 g/mol. The SMILES string of the molecule is O=C(O)C1COCCN1C(=O)c1ccnc(-c2ccccc2)n1. The molecule has 1 N–H and O–H groups in total. The lowest BCUT2D eigenvalue weighted by Crippen LogP contribution is -2.52. The van der Waals surface area contributed by atoms with E-state index >= 15 is 0 Å². The Kier molecular flexibility index (Phi) is 4.29. The Labute approximate surface area is 132 Å². The maximum atomic E-state index is 12.6. The molecule has 2 heterocycles. The molecular formula is C16H15N3O4. The number of carboxylic acids is 1. The molecule has 7 nitrogen and oxygen atoms in total. The lowest BCUT2D eigenvalue weighted by Gasteiger charge is -2.32. The number of carbonyl (C=O) groups excluding carboxylic acids is 1. The van der Waals surface area contributed by atoms with Gasteiger partial charge < -0.3 is 14.7 Å². The van der Waals surface area contributed by atoms with E-state index in [9.17, 15) is 14.7 Å². The second-order valence-electron chi connectivity index (χ2n) is 5.06. The minimum Gasteiger partial charge on any atom is -0.480 e. The van der Waals surface area contributed by atoms with Crippen molar-refractivity contribution < 1.29 is 19.4 Å². The number of morpholine rings is 1. The van der Waals surface area contributed by atoms with Gasteiger partial charge in [0.05, 0.1) is 13.2 Å². The number of hydrogen-bond donors (Lipinski definition) is 1. The molecule has 7 heteroatoms. The van der Waals surface area contributed by atoms with Gasteiger partial charge in [0.25, 0.3) is 5.91 Å². The van der Waals surface area contributed by atoms with Crippen LogP contribution in [0.2, 0.25) is 0 Å². The number of rotatable bonds is 3. The molecule has 1 amide bonds. The second kappa shape index (κ2) is 6.53. The highest BCUT2D eigenvalue weighted by Crippen LogP contribution is 2.16. The summed E-state index contributed by atoms with van der Waals surface area (Å²) in [4.78, 5) is 33.6. The number of carbonyl (C=O) groups is 2. The van der Waals surface area contributed by atoms with Gasteiger partial charge in [-0.1, -0.05) is 30.3 Å². The summed E-state index contributed by atoms with van der Waals surface area (Å²) in [5, 5.41) is 9.23. The largest absolute Gasteiger partial charge is 0.480 e. The number of nitrogens with zero attached hydrogens (tertiary/aromatic N) is 3. The van der Waals surface area contributed by atoms with Gasteiger partial charge in [-0.15, -0.1) is 0 Å². The fraction of sp³-hybridized carbons (Fsp3) is 0.250. The third-order valence-corrected chi connectivity index (χ3v) is 3.58. The zero-order valence-corrected chi connectivity index (χ0v) is 12.3. The smallest absolute Gasteiger partial charge is 0.328 e. The van der Waals surface area contributed by atoms with Crippen LogP contribution in [0.4, 0.5) is 0 Å². The molecule has 1 fully saturated rings. The molecule has 0 bridgehead atoms. The number of carboxylic acid groups (broad SMARTS) is 1. The first-order chi connectivity index (χ1) is 11.2. The lowest BCUT2D eigenvalue weighted by atomic mass is 10.2. The van der Waals surface area contributed by atoms with Gasteiger partial charge in [0.15, 0.2) is 11.9 Å². The van der Waals surface area contributed by atoms with E-state index in [2.05, 4.69) is 9.97 Å². The van der Waals surface area contributed by atoms with Crippen molar-refractivity contribution >= 4 is 11.9 Å². The Morgan fingerprint density at radius 3 is 2.74 bits per heavy atom. The van der Waals surface area contributed by atoms with E-state index in [1.54, 1.807) is 0 Å². The molecule has 2 aromatic rings. The fourth-order valence-corrected chi connectivity index (χ4v) is 2.40. The predicted octanol–water partition coefficient (Wildman–Crippen LogP) is 1.07. The molecule has 1 aliphatic heterocycles. The topological polar surface area (TPSA) is 92.6 Å². The van der Waals surface area contributed by atoms with Crippen LogP contribution in [0.1, 0.15) is 10.5 Å². The van der Waals surface area contributed by atoms with Gasteiger partial charge in [-0.05, 0) is 6.07 Å². The van der Waals surface area contributed by atoms with Crippen LogP contribution in [0, 0.1) is 0 Å². The van der Waals surface area contributed by atoms with Gasteiger partial charge in [0.1, 0.15) is 5.69 Å². The van der Waals surface area contributed by atoms with Crippen LogP contribution in [0.3, 0.4) is 0 Å². The molecule has 1 aromatic carbocycles. The molecule has 1 atom stereocenters. The van der Waals surface area contributed by atoms with E-state index in [1.807, 2.05) is 30.3 Å². The predicted molar refractivity (Wildman–Crippen MR) is 80.7 cm³/mol. The number of benzene rings is 1. The number of ether oxygens (including phenoxy) is 1. The summed E-state index contributed by atoms with van der Waals surface area (Å²) >= 11 is 0. The van der Waals surface area contributed by atoms with E-state index < -0.39 is 17.9 Å². The molecule has 0 aliphatic carbocycles. The van der Waals surface area contributed by atoms with E-state index in [0.29, 0.717) is 12.4 Å². The Hall–Kier alpha value is -2.80. The fourth-order valence-electron chi connectivity index (χ4n) is 2.40. The molecular weight excluding hydrogens is 298 g/mol. The summed E-state index contributed by atoms with van der Waals surface area (Å²) < 4.78 is 5.15. The lowest BCUT2D eigenvalue weighted by molar-refractivity contribution is -0.147. The van der Waals surface area contributed by atoms with Crippen molar-refractivity contribution in [3.05, 3.63) is 48.3 Å². The number of aliphatic carboxylic acids is 1. The molecule has 0 saturated carbocycles. The average Bonchev–Trinajstić information content (AvgIpc) is 2.62. The molecule has 1 saturated heterocycles. The van der Waals surface area contributed by atoms with Crippen LogP contribution < -0.4 is 0 Å². The molecule has 1 aliphatic rings. The summed E-state index contributed by atoms with van der Waals surface area (Å²) in [6.07, 6.45) is 1.50. The summed E-state index contributed by atoms with van der Waals surface area (Å²) in [6.45, 7) is 0.518. The minimum atomic E-state index is -1.09. The van der Waals surface area contributed by atoms with Crippen molar-refractivity contribution in [1.29, 1.82) is 0 Å². The maximum absolute atomic E-state index is 12.6. The van der Waals surface area contributed by atoms with Gasteiger partial charge in [0.2, 0.25) is 0 Å². The van der Waals surface area contributed by atoms with Crippen molar-refractivity contribution in [2.45, 2.75) is 6.04 Å². The summed E-state index contributed by atoms with van der Waals surface area (Å²) in [5.41, 5.74) is 0.964. The number of hydrogen-bond acceptors (Lipinski definition) is 5. The highest BCUT2D eigenvalue weighted by molar-refractivity contribution is 5.95. The third-order valence-electron chi connectivity index (χ3n) is 3.58. The van der Waals surface area contributed by atoms with Crippen LogP contribution in [-0.2, 0) is 9.53 Å². The molecule has 1 aromatic heterocycles. The number of amides is 1. The van der Waals surface area contributed by atoms with E-state index in [4.69, 9.17) is 4.74 Å². The first-order valence-corrected chi connectivity index (χ1v) is 7.17. The van der Waals surface area contributed by atoms with Gasteiger partial charge in [-0.3, -0.25) is 4.79 Å². The molecule has 1 unspecified atom stereocenters. The van der Waals surface area contributed by atoms with Crippen LogP contribution >= 0.6 is 0 Å². The van der Waals surface area contributed by atoms with Crippen molar-refractivity contribution in [3.63, 3.8) is 0 Å². The third kappa shape index (κ3) is 3.19. The Bertz CT molecular complexity index is 720. The Morgan fingerprint density at radius 2 is 2.00 bits per heavy atom. The first-order valence-electron chi connectivity index (χ1n) is 7.17. The second-order valence-corrected chi connectivity index (χ2v) is 5.06. The van der Waals surface area contributed by atoms with E-state index in [0.717, 1.165) is 5.56 Å². The average molecular weight is 313 g/mol. The van der Waals surface area contributed by atoms with Crippen LogP contribution in [0.5, 0.6) is 0 Å². The molecule has 23 heavy (non-hydrogen) atoms. The van der Waals surface area contributed by atoms with Crippen LogP contribution in [0.25, 0.3) is 11.4 Å². The van der Waals surface area contributed by atoms with Gasteiger partial charge in [0, 0.05) is 18.3 Å². The standard InChI is InChI=1S/C16H15N3O4/c20-15(19-8-9-23-10-13(19)16(21)22)12-6-7-17-14(18-12)11-4-2-1-3-5-11/h1-7,13H,8-10H2,(H,21,22). The van der Waals surface area contributed by atoms with E-state index in [-0.39, 0.29) is 18.8 Å². The molecule has 0 radical (unpaired) electrons. The summed E-state index contributed by atoms with van der Waals surface area (Å²) in [6, 6.07) is 9.78. The summed E-state index contributed by atoms with van der Waals surface area (Å²) in [7, 11) is 0. The van der Waals surface area contributed by atoms with Crippen LogP contribution in [-0.4, -0.2) is 57.7 Å². The highest BCUT2D eigenvalue weighted by atomic mass is 16.5. The Morgan fingerprint density at radius 1 is 1.22 bits per heavy atom. The highest BCUT2D eigenvalue weighted by Gasteiger charge is 2.33. The van der Waals surface area contributed by atoms with Gasteiger partial charge >= 0.3 is 5.97 Å². The van der Waals surface area contributed by atoms with Crippen molar-refractivity contribution in [2.75, 3.05) is 19.8 Å². The van der Waals surface area contributed by atoms with Crippen molar-refractivity contribution in [3.8, 4) is 11.4 Å². The van der Waals surface area contributed by atoms with Crippen LogP contribution in [0.15, 0.2) is 42.6 Å². The number of aromatic nitrogens is 2. The normalized spacial score (nSPS) is 17.7. The molecule has 3 rings (SSSR count). The van der Waals surface area contributed by atoms with Crippen molar-refractivity contribution in [1.82, 2.24) is 14.9 Å². The van der Waals surface area contributed by atoms with E-state index in [1.165, 1.54) is 17.2 Å². The van der Waals surface area contributed by atoms with Gasteiger partial charge in [-0.25, -0.2) is 14.8 Å². The zero-order valence-electron chi connectivity index (χ0n) is 12.3. The van der Waals surface area contributed by atoms with Gasteiger partial charge in [-0.2, -0.15) is 0 Å². The Balaban J connectivity index is 1.89. The first kappa shape index (κ1) is 15.1. The minimum absolute atomic E-state index is 0.0162. The molecule has 118 valence electrons. The quantitative estimate of drug-likeness (QED) is 0.911. The zero-order chi connectivity index (χ0) is 16.2. The van der Waals surface area contributed by atoms with Crippen molar-refractivity contribution in [2.24, 2.45) is 0 Å². The summed E-state index contributed by atoms with van der Waals surface area (Å²) in [5.74, 6) is -1.09. The molecule has 0 spiro atoms.